The lowest BCUT2D eigenvalue weighted by atomic mass is 10.2. The van der Waals surface area contributed by atoms with Crippen LogP contribution in [-0.4, -0.2) is 22.3 Å². The molecule has 0 saturated heterocycles. The Bertz CT molecular complexity index is 835. The van der Waals surface area contributed by atoms with Crippen molar-refractivity contribution in [2.75, 3.05) is 6.61 Å². The van der Waals surface area contributed by atoms with Gasteiger partial charge in [0.25, 0.3) is 5.91 Å². The molecule has 0 aliphatic heterocycles. The molecule has 0 aliphatic rings. The molecule has 1 aromatic heterocycles. The van der Waals surface area contributed by atoms with Gasteiger partial charge in [-0.2, -0.15) is 5.10 Å². The zero-order chi connectivity index (χ0) is 16.4. The van der Waals surface area contributed by atoms with Crippen LogP contribution in [-0.2, 0) is 0 Å². The predicted molar refractivity (Wildman–Crippen MR) is 89.9 cm³/mol. The van der Waals surface area contributed by atoms with Crippen LogP contribution in [0.1, 0.15) is 24.3 Å². The van der Waals surface area contributed by atoms with Gasteiger partial charge in [-0.1, -0.05) is 32.0 Å². The summed E-state index contributed by atoms with van der Waals surface area (Å²) in [6.45, 7) is 4.86. The summed E-state index contributed by atoms with van der Waals surface area (Å²) in [6, 6.07) is 14.9. The summed E-state index contributed by atoms with van der Waals surface area (Å²) in [5.41, 5.74) is 7.44. The number of nitrogens with zero attached hydrogens (tertiary/aromatic N) is 2. The monoisotopic (exact) mass is 309 g/mol. The number of primary amides is 1. The van der Waals surface area contributed by atoms with Gasteiger partial charge in [0.05, 0.1) is 17.8 Å². The van der Waals surface area contributed by atoms with Gasteiger partial charge in [-0.05, 0) is 36.2 Å². The molecule has 2 N–H and O–H groups in total. The lowest BCUT2D eigenvalue weighted by Crippen LogP contribution is -2.17. The first kappa shape index (κ1) is 15.1. The maximum absolute atomic E-state index is 11.9. The summed E-state index contributed by atoms with van der Waals surface area (Å²) in [5.74, 6) is 0.756. The second-order valence-corrected chi connectivity index (χ2v) is 5.84. The fourth-order valence-corrected chi connectivity index (χ4v) is 2.40. The van der Waals surface area contributed by atoms with E-state index in [1.807, 2.05) is 48.5 Å². The molecule has 1 heterocycles. The average Bonchev–Trinajstić information content (AvgIpc) is 2.93. The molecule has 0 unspecified atom stereocenters. The lowest BCUT2D eigenvalue weighted by Gasteiger charge is -2.10. The maximum Gasteiger partial charge on any atom is 0.268 e. The van der Waals surface area contributed by atoms with Crippen LogP contribution in [0.4, 0.5) is 0 Å². The Hall–Kier alpha value is -2.82. The molecule has 0 radical (unpaired) electrons. The Labute approximate surface area is 134 Å². The molecule has 0 saturated carbocycles. The highest BCUT2D eigenvalue weighted by Crippen LogP contribution is 2.23. The van der Waals surface area contributed by atoms with Crippen molar-refractivity contribution in [3.63, 3.8) is 0 Å². The number of aromatic nitrogens is 2. The third-order valence-electron chi connectivity index (χ3n) is 3.48. The molecular formula is C18H19N3O2. The summed E-state index contributed by atoms with van der Waals surface area (Å²) < 4.78 is 7.26. The highest BCUT2D eigenvalue weighted by Gasteiger charge is 2.16. The largest absolute Gasteiger partial charge is 0.493 e. The van der Waals surface area contributed by atoms with Gasteiger partial charge in [0.15, 0.2) is 0 Å². The van der Waals surface area contributed by atoms with E-state index in [1.54, 1.807) is 4.68 Å². The van der Waals surface area contributed by atoms with E-state index in [-0.39, 0.29) is 0 Å². The molecule has 0 fully saturated rings. The Kier molecular flexibility index (Phi) is 4.02. The highest BCUT2D eigenvalue weighted by atomic mass is 16.5. The van der Waals surface area contributed by atoms with E-state index in [0.29, 0.717) is 18.2 Å². The molecule has 0 atom stereocenters. The molecular weight excluding hydrogens is 290 g/mol. The first-order chi connectivity index (χ1) is 11.1. The standard InChI is InChI=1S/C18H19N3O2/c1-12(2)11-23-14-9-7-13(8-10-14)21-17(18(19)22)15-5-3-4-6-16(15)20-21/h3-10,12H,11H2,1-2H3,(H2,19,22). The minimum Gasteiger partial charge on any atom is -0.493 e. The molecule has 3 rings (SSSR count). The van der Waals surface area contributed by atoms with Crippen molar-refractivity contribution >= 4 is 16.8 Å². The van der Waals surface area contributed by atoms with Gasteiger partial charge in [-0.15, -0.1) is 0 Å². The lowest BCUT2D eigenvalue weighted by molar-refractivity contribution is 0.0994. The van der Waals surface area contributed by atoms with Gasteiger partial charge in [0, 0.05) is 5.39 Å². The average molecular weight is 309 g/mol. The van der Waals surface area contributed by atoms with Gasteiger partial charge in [-0.3, -0.25) is 4.79 Å². The van der Waals surface area contributed by atoms with Crippen LogP contribution in [0.25, 0.3) is 16.6 Å². The van der Waals surface area contributed by atoms with Crippen molar-refractivity contribution in [3.05, 3.63) is 54.2 Å². The van der Waals surface area contributed by atoms with E-state index in [0.717, 1.165) is 22.3 Å². The molecule has 118 valence electrons. The minimum atomic E-state index is -0.501. The van der Waals surface area contributed by atoms with E-state index in [4.69, 9.17) is 10.5 Å². The Balaban J connectivity index is 2.00. The maximum atomic E-state index is 11.9. The SMILES string of the molecule is CC(C)COc1ccc(-n2nc3ccccc3c2C(N)=O)cc1. The third kappa shape index (κ3) is 3.04. The smallest absolute Gasteiger partial charge is 0.268 e. The van der Waals surface area contributed by atoms with Gasteiger partial charge in [0.1, 0.15) is 11.4 Å². The van der Waals surface area contributed by atoms with Crippen molar-refractivity contribution in [3.8, 4) is 11.4 Å². The van der Waals surface area contributed by atoms with E-state index < -0.39 is 5.91 Å². The molecule has 5 nitrogen and oxygen atoms in total. The molecule has 5 heteroatoms. The molecule has 2 aromatic carbocycles. The van der Waals surface area contributed by atoms with Crippen molar-refractivity contribution in [1.29, 1.82) is 0 Å². The number of carbonyl (C=O) groups is 1. The van der Waals surface area contributed by atoms with Crippen LogP contribution < -0.4 is 10.5 Å². The molecule has 0 bridgehead atoms. The van der Waals surface area contributed by atoms with Crippen molar-refractivity contribution in [1.82, 2.24) is 9.78 Å². The number of ether oxygens (including phenoxy) is 1. The Morgan fingerprint density at radius 3 is 2.52 bits per heavy atom. The first-order valence-corrected chi connectivity index (χ1v) is 7.57. The van der Waals surface area contributed by atoms with Crippen LogP contribution in [0, 0.1) is 5.92 Å². The van der Waals surface area contributed by atoms with Crippen LogP contribution in [0.2, 0.25) is 0 Å². The van der Waals surface area contributed by atoms with Gasteiger partial charge in [0.2, 0.25) is 0 Å². The number of hydrogen-bond donors (Lipinski definition) is 1. The van der Waals surface area contributed by atoms with Gasteiger partial charge < -0.3 is 10.5 Å². The number of rotatable bonds is 5. The fraction of sp³-hybridized carbons (Fsp3) is 0.222. The second kappa shape index (κ2) is 6.12. The number of fused-ring (bicyclic) bond motifs is 1. The number of nitrogens with two attached hydrogens (primary N) is 1. The summed E-state index contributed by atoms with van der Waals surface area (Å²) in [4.78, 5) is 11.9. The topological polar surface area (TPSA) is 70.1 Å². The molecule has 3 aromatic rings. The Morgan fingerprint density at radius 1 is 1.17 bits per heavy atom. The van der Waals surface area contributed by atoms with Crippen molar-refractivity contribution in [2.45, 2.75) is 13.8 Å². The number of benzene rings is 2. The quantitative estimate of drug-likeness (QED) is 0.787. The molecule has 0 spiro atoms. The number of amides is 1. The normalized spacial score (nSPS) is 11.1. The van der Waals surface area contributed by atoms with E-state index in [2.05, 4.69) is 18.9 Å². The summed E-state index contributed by atoms with van der Waals surface area (Å²) >= 11 is 0. The second-order valence-electron chi connectivity index (χ2n) is 5.84. The van der Waals surface area contributed by atoms with Crippen molar-refractivity contribution in [2.24, 2.45) is 11.7 Å². The molecule has 1 amide bonds. The third-order valence-corrected chi connectivity index (χ3v) is 3.48. The summed E-state index contributed by atoms with van der Waals surface area (Å²) in [5, 5.41) is 5.23. The fourth-order valence-electron chi connectivity index (χ4n) is 2.40. The van der Waals surface area contributed by atoms with E-state index in [1.165, 1.54) is 0 Å². The van der Waals surface area contributed by atoms with Gasteiger partial charge in [-0.25, -0.2) is 4.68 Å². The van der Waals surface area contributed by atoms with Crippen LogP contribution >= 0.6 is 0 Å². The number of hydrogen-bond acceptors (Lipinski definition) is 3. The van der Waals surface area contributed by atoms with Crippen LogP contribution in [0.15, 0.2) is 48.5 Å². The zero-order valence-corrected chi connectivity index (χ0v) is 13.2. The Morgan fingerprint density at radius 2 is 1.87 bits per heavy atom. The summed E-state index contributed by atoms with van der Waals surface area (Å²) in [6.07, 6.45) is 0. The van der Waals surface area contributed by atoms with E-state index in [9.17, 15) is 4.79 Å². The number of carbonyl (C=O) groups excluding carboxylic acids is 1. The van der Waals surface area contributed by atoms with Gasteiger partial charge >= 0.3 is 0 Å². The van der Waals surface area contributed by atoms with E-state index >= 15 is 0 Å². The zero-order valence-electron chi connectivity index (χ0n) is 13.2. The van der Waals surface area contributed by atoms with Crippen LogP contribution in [0.3, 0.4) is 0 Å². The molecule has 23 heavy (non-hydrogen) atoms. The molecule has 0 aliphatic carbocycles. The predicted octanol–water partition coefficient (Wildman–Crippen LogP) is 3.16. The summed E-state index contributed by atoms with van der Waals surface area (Å²) in [7, 11) is 0. The first-order valence-electron chi connectivity index (χ1n) is 7.57. The van der Waals surface area contributed by atoms with Crippen molar-refractivity contribution < 1.29 is 9.53 Å². The minimum absolute atomic E-state index is 0.386. The van der Waals surface area contributed by atoms with Crippen LogP contribution in [0.5, 0.6) is 5.75 Å². The highest BCUT2D eigenvalue weighted by molar-refractivity contribution is 6.04.